The molecule has 0 N–H and O–H groups in total. The fraction of sp³-hybridized carbons (Fsp3) is 0.400. The highest BCUT2D eigenvalue weighted by Gasteiger charge is 2.30. The Morgan fingerprint density at radius 2 is 2.12 bits per heavy atom. The molecule has 3 rings (SSSR count). The van der Waals surface area contributed by atoms with E-state index in [2.05, 4.69) is 11.1 Å². The molecule has 0 aliphatic carbocycles. The molecular formula is C20H25N3O2. The lowest BCUT2D eigenvalue weighted by atomic mass is 10.0. The number of benzene rings is 1. The van der Waals surface area contributed by atoms with Gasteiger partial charge in [0.2, 0.25) is 5.91 Å². The van der Waals surface area contributed by atoms with Gasteiger partial charge in [0.25, 0.3) is 0 Å². The maximum Gasteiger partial charge on any atom is 0.227 e. The standard InChI is InChI=1S/C20H25N3O2/c1-22(2)19-13-15(10-11-21-19)17-8-6-12-23(17)20(24)14-16-7-4-5-9-18(16)25-3/h4-5,7,9-11,13,17H,6,8,12,14H2,1-3H3/t17-/m0/s1. The number of hydrogen-bond acceptors (Lipinski definition) is 4. The van der Waals surface area contributed by atoms with Crippen molar-refractivity contribution in [3.63, 3.8) is 0 Å². The van der Waals surface area contributed by atoms with E-state index in [0.717, 1.165) is 42.1 Å². The van der Waals surface area contributed by atoms with Gasteiger partial charge >= 0.3 is 0 Å². The molecular weight excluding hydrogens is 314 g/mol. The third-order valence-corrected chi connectivity index (χ3v) is 4.72. The molecule has 0 radical (unpaired) electrons. The van der Waals surface area contributed by atoms with Crippen molar-refractivity contribution < 1.29 is 9.53 Å². The molecule has 5 heteroatoms. The zero-order valence-corrected chi connectivity index (χ0v) is 15.1. The van der Waals surface area contributed by atoms with E-state index in [9.17, 15) is 4.79 Å². The summed E-state index contributed by atoms with van der Waals surface area (Å²) in [7, 11) is 5.60. The molecule has 132 valence electrons. The number of anilines is 1. The highest BCUT2D eigenvalue weighted by Crippen LogP contribution is 2.33. The average molecular weight is 339 g/mol. The lowest BCUT2D eigenvalue weighted by molar-refractivity contribution is -0.131. The van der Waals surface area contributed by atoms with Crippen LogP contribution in [0.15, 0.2) is 42.6 Å². The smallest absolute Gasteiger partial charge is 0.227 e. The van der Waals surface area contributed by atoms with Gasteiger partial charge in [-0.25, -0.2) is 4.98 Å². The lowest BCUT2D eigenvalue weighted by Gasteiger charge is -2.26. The number of hydrogen-bond donors (Lipinski definition) is 0. The average Bonchev–Trinajstić information content (AvgIpc) is 3.12. The van der Waals surface area contributed by atoms with Gasteiger partial charge in [-0.3, -0.25) is 4.79 Å². The van der Waals surface area contributed by atoms with E-state index in [-0.39, 0.29) is 11.9 Å². The molecule has 2 aromatic rings. The minimum absolute atomic E-state index is 0.129. The summed E-state index contributed by atoms with van der Waals surface area (Å²) >= 11 is 0. The first kappa shape index (κ1) is 17.3. The van der Waals surface area contributed by atoms with E-state index in [1.165, 1.54) is 0 Å². The van der Waals surface area contributed by atoms with Crippen LogP contribution in [0.25, 0.3) is 0 Å². The fourth-order valence-corrected chi connectivity index (χ4v) is 3.41. The van der Waals surface area contributed by atoms with E-state index >= 15 is 0 Å². The summed E-state index contributed by atoms with van der Waals surface area (Å²) in [5, 5.41) is 0. The Labute approximate surface area is 149 Å². The van der Waals surface area contributed by atoms with Gasteiger partial charge in [0, 0.05) is 32.4 Å². The highest BCUT2D eigenvalue weighted by molar-refractivity contribution is 5.80. The predicted octanol–water partition coefficient (Wildman–Crippen LogP) is 3.06. The molecule has 1 saturated heterocycles. The molecule has 5 nitrogen and oxygen atoms in total. The Kier molecular flexibility index (Phi) is 5.22. The molecule has 1 aromatic carbocycles. The van der Waals surface area contributed by atoms with Crippen molar-refractivity contribution in [1.29, 1.82) is 0 Å². The zero-order chi connectivity index (χ0) is 17.8. The fourth-order valence-electron chi connectivity index (χ4n) is 3.41. The summed E-state index contributed by atoms with van der Waals surface area (Å²) in [6, 6.07) is 12.0. The van der Waals surface area contributed by atoms with Gasteiger partial charge in [-0.15, -0.1) is 0 Å². The molecule has 1 aliphatic heterocycles. The van der Waals surface area contributed by atoms with Crippen LogP contribution in [-0.4, -0.2) is 43.5 Å². The van der Waals surface area contributed by atoms with Crippen molar-refractivity contribution in [3.8, 4) is 5.75 Å². The summed E-state index contributed by atoms with van der Waals surface area (Å²) in [6.45, 7) is 0.804. The Balaban J connectivity index is 1.79. The van der Waals surface area contributed by atoms with E-state index < -0.39 is 0 Å². The number of carbonyl (C=O) groups excluding carboxylic acids is 1. The Morgan fingerprint density at radius 3 is 2.88 bits per heavy atom. The summed E-state index contributed by atoms with van der Waals surface area (Å²) in [5.41, 5.74) is 2.09. The first-order valence-corrected chi connectivity index (χ1v) is 8.65. The maximum atomic E-state index is 12.9. The van der Waals surface area contributed by atoms with Gasteiger partial charge in [-0.2, -0.15) is 0 Å². The normalized spacial score (nSPS) is 16.8. The van der Waals surface area contributed by atoms with Gasteiger partial charge in [0.05, 0.1) is 19.6 Å². The minimum atomic E-state index is 0.129. The third-order valence-electron chi connectivity index (χ3n) is 4.72. The first-order chi connectivity index (χ1) is 12.1. The second-order valence-corrected chi connectivity index (χ2v) is 6.58. The van der Waals surface area contributed by atoms with Crippen molar-refractivity contribution in [2.24, 2.45) is 0 Å². The number of para-hydroxylation sites is 1. The van der Waals surface area contributed by atoms with Gasteiger partial charge in [-0.05, 0) is 36.6 Å². The minimum Gasteiger partial charge on any atom is -0.496 e. The number of nitrogens with zero attached hydrogens (tertiary/aromatic N) is 3. The number of pyridine rings is 1. The monoisotopic (exact) mass is 339 g/mol. The van der Waals surface area contributed by atoms with Crippen molar-refractivity contribution in [3.05, 3.63) is 53.7 Å². The second-order valence-electron chi connectivity index (χ2n) is 6.58. The first-order valence-electron chi connectivity index (χ1n) is 8.65. The molecule has 1 atom stereocenters. The Hall–Kier alpha value is -2.56. The Bertz CT molecular complexity index is 745. The summed E-state index contributed by atoms with van der Waals surface area (Å²) in [6.07, 6.45) is 4.22. The number of aromatic nitrogens is 1. The number of ether oxygens (including phenoxy) is 1. The van der Waals surface area contributed by atoms with Crippen molar-refractivity contribution in [2.75, 3.05) is 32.6 Å². The van der Waals surface area contributed by atoms with Crippen molar-refractivity contribution in [2.45, 2.75) is 25.3 Å². The van der Waals surface area contributed by atoms with Crippen LogP contribution in [0.5, 0.6) is 5.75 Å². The van der Waals surface area contributed by atoms with Crippen LogP contribution < -0.4 is 9.64 Å². The molecule has 1 aromatic heterocycles. The molecule has 0 bridgehead atoms. The van der Waals surface area contributed by atoms with E-state index in [4.69, 9.17) is 4.74 Å². The molecule has 0 unspecified atom stereocenters. The van der Waals surface area contributed by atoms with Gasteiger partial charge in [0.15, 0.2) is 0 Å². The maximum absolute atomic E-state index is 12.9. The van der Waals surface area contributed by atoms with Crippen LogP contribution >= 0.6 is 0 Å². The largest absolute Gasteiger partial charge is 0.496 e. The number of rotatable bonds is 5. The van der Waals surface area contributed by atoms with Crippen LogP contribution in [0.4, 0.5) is 5.82 Å². The van der Waals surface area contributed by atoms with Gasteiger partial charge in [-0.1, -0.05) is 18.2 Å². The van der Waals surface area contributed by atoms with Crippen LogP contribution in [0.2, 0.25) is 0 Å². The van der Waals surface area contributed by atoms with Crippen LogP contribution in [0.1, 0.15) is 30.0 Å². The van der Waals surface area contributed by atoms with Crippen molar-refractivity contribution >= 4 is 11.7 Å². The molecule has 1 amide bonds. The quantitative estimate of drug-likeness (QED) is 0.840. The summed E-state index contributed by atoms with van der Waals surface area (Å²) in [4.78, 5) is 21.3. The Morgan fingerprint density at radius 1 is 1.32 bits per heavy atom. The number of likely N-dealkylation sites (tertiary alicyclic amines) is 1. The number of carbonyl (C=O) groups is 1. The zero-order valence-electron chi connectivity index (χ0n) is 15.1. The molecule has 1 fully saturated rings. The van der Waals surface area contributed by atoms with Crippen LogP contribution in [0.3, 0.4) is 0 Å². The summed E-state index contributed by atoms with van der Waals surface area (Å²) < 4.78 is 5.38. The van der Waals surface area contributed by atoms with Crippen LogP contribution in [-0.2, 0) is 11.2 Å². The summed E-state index contributed by atoms with van der Waals surface area (Å²) in [5.74, 6) is 1.84. The van der Waals surface area contributed by atoms with Crippen molar-refractivity contribution in [1.82, 2.24) is 9.88 Å². The molecule has 2 heterocycles. The second kappa shape index (κ2) is 7.55. The highest BCUT2D eigenvalue weighted by atomic mass is 16.5. The van der Waals surface area contributed by atoms with Gasteiger partial charge in [0.1, 0.15) is 11.6 Å². The SMILES string of the molecule is COc1ccccc1CC(=O)N1CCC[C@H]1c1ccnc(N(C)C)c1. The number of methoxy groups -OCH3 is 1. The topological polar surface area (TPSA) is 45.7 Å². The van der Waals surface area contributed by atoms with Gasteiger partial charge < -0.3 is 14.5 Å². The predicted molar refractivity (Wildman–Crippen MR) is 99.0 cm³/mol. The molecule has 0 saturated carbocycles. The third kappa shape index (κ3) is 3.76. The van der Waals surface area contributed by atoms with E-state index in [1.807, 2.05) is 60.4 Å². The number of amides is 1. The molecule has 0 spiro atoms. The van der Waals surface area contributed by atoms with Crippen LogP contribution in [0, 0.1) is 0 Å². The molecule has 1 aliphatic rings. The lowest BCUT2D eigenvalue weighted by Crippen LogP contribution is -2.32. The van der Waals surface area contributed by atoms with E-state index in [0.29, 0.717) is 6.42 Å². The molecule has 25 heavy (non-hydrogen) atoms. The van der Waals surface area contributed by atoms with E-state index in [1.54, 1.807) is 7.11 Å².